The molecular weight excluding hydrogens is 318 g/mol. The van der Waals surface area contributed by atoms with E-state index in [0.717, 1.165) is 22.1 Å². The van der Waals surface area contributed by atoms with E-state index in [4.69, 9.17) is 10.2 Å². The van der Waals surface area contributed by atoms with E-state index in [-0.39, 0.29) is 0 Å². The van der Waals surface area contributed by atoms with E-state index in [0.29, 0.717) is 17.3 Å². The topological polar surface area (TPSA) is 64.1 Å². The molecule has 0 aliphatic heterocycles. The van der Waals surface area contributed by atoms with Crippen molar-refractivity contribution in [3.8, 4) is 0 Å². The fraction of sp³-hybridized carbons (Fsp3) is 0.133. The first-order valence-electron chi connectivity index (χ1n) is 6.37. The van der Waals surface area contributed by atoms with Gasteiger partial charge in [0.25, 0.3) is 6.01 Å². The summed E-state index contributed by atoms with van der Waals surface area (Å²) in [5.41, 5.74) is 10.1. The Kier molecular flexibility index (Phi) is 3.36. The van der Waals surface area contributed by atoms with Gasteiger partial charge in [-0.15, -0.1) is 0 Å². The summed E-state index contributed by atoms with van der Waals surface area (Å²) in [5.74, 6) is 0. The third-order valence-electron chi connectivity index (χ3n) is 3.10. The third kappa shape index (κ3) is 2.49. The number of oxazole rings is 1. The minimum absolute atomic E-state index is 0.475. The van der Waals surface area contributed by atoms with Gasteiger partial charge < -0.3 is 15.5 Å². The van der Waals surface area contributed by atoms with Crippen molar-refractivity contribution >= 4 is 44.4 Å². The van der Waals surface area contributed by atoms with Crippen LogP contribution >= 0.6 is 15.9 Å². The molecule has 2 aromatic carbocycles. The Bertz CT molecular complexity index is 767. The standard InChI is InChI=1S/C15H14BrN3O/c1-2-9-7-10(16)3-5-12(9)18-15-19-13-6-4-11(17)8-14(13)20-15/h3-8H,2,17H2,1H3,(H,18,19). The SMILES string of the molecule is CCc1cc(Br)ccc1Nc1nc2ccc(N)cc2o1. The number of nitrogens with zero attached hydrogens (tertiary/aromatic N) is 1. The summed E-state index contributed by atoms with van der Waals surface area (Å²) in [4.78, 5) is 4.40. The fourth-order valence-corrected chi connectivity index (χ4v) is 2.50. The zero-order valence-corrected chi connectivity index (χ0v) is 12.6. The number of rotatable bonds is 3. The maximum Gasteiger partial charge on any atom is 0.300 e. The number of nitrogens with two attached hydrogens (primary N) is 1. The average molecular weight is 332 g/mol. The van der Waals surface area contributed by atoms with Gasteiger partial charge in [0.15, 0.2) is 5.58 Å². The van der Waals surface area contributed by atoms with Gasteiger partial charge in [-0.1, -0.05) is 22.9 Å². The molecule has 0 aliphatic rings. The molecule has 0 saturated carbocycles. The number of aromatic nitrogens is 1. The van der Waals surface area contributed by atoms with Gasteiger partial charge >= 0.3 is 0 Å². The summed E-state index contributed by atoms with van der Waals surface area (Å²) in [6.45, 7) is 2.11. The molecule has 0 radical (unpaired) electrons. The van der Waals surface area contributed by atoms with Gasteiger partial charge in [-0.2, -0.15) is 4.98 Å². The van der Waals surface area contributed by atoms with E-state index >= 15 is 0 Å². The molecule has 0 fully saturated rings. The van der Waals surface area contributed by atoms with Crippen LogP contribution in [0.4, 0.5) is 17.4 Å². The molecule has 3 aromatic rings. The van der Waals surface area contributed by atoms with Crippen LogP contribution in [-0.4, -0.2) is 4.98 Å². The van der Waals surface area contributed by atoms with E-state index in [1.165, 1.54) is 5.56 Å². The minimum atomic E-state index is 0.475. The largest absolute Gasteiger partial charge is 0.423 e. The number of aryl methyl sites for hydroxylation is 1. The van der Waals surface area contributed by atoms with Crippen molar-refractivity contribution in [3.05, 3.63) is 46.4 Å². The molecule has 3 N–H and O–H groups in total. The summed E-state index contributed by atoms with van der Waals surface area (Å²) in [6.07, 6.45) is 0.926. The Labute approximate surface area is 125 Å². The summed E-state index contributed by atoms with van der Waals surface area (Å²) >= 11 is 3.48. The summed E-state index contributed by atoms with van der Waals surface area (Å²) in [7, 11) is 0. The van der Waals surface area contributed by atoms with Crippen molar-refractivity contribution < 1.29 is 4.42 Å². The maximum atomic E-state index is 5.73. The monoisotopic (exact) mass is 331 g/mol. The van der Waals surface area contributed by atoms with Crippen LogP contribution in [-0.2, 0) is 6.42 Å². The van der Waals surface area contributed by atoms with Crippen molar-refractivity contribution in [2.45, 2.75) is 13.3 Å². The average Bonchev–Trinajstić information content (AvgIpc) is 2.82. The van der Waals surface area contributed by atoms with Gasteiger partial charge in [-0.3, -0.25) is 0 Å². The van der Waals surface area contributed by atoms with Crippen molar-refractivity contribution in [2.75, 3.05) is 11.1 Å². The molecule has 1 aromatic heterocycles. The molecule has 0 amide bonds. The number of halogens is 1. The van der Waals surface area contributed by atoms with Crippen LogP contribution in [0.2, 0.25) is 0 Å². The van der Waals surface area contributed by atoms with Crippen LogP contribution in [0.25, 0.3) is 11.1 Å². The lowest BCUT2D eigenvalue weighted by atomic mass is 10.1. The number of hydrogen-bond acceptors (Lipinski definition) is 4. The summed E-state index contributed by atoms with van der Waals surface area (Å²) in [6, 6.07) is 12.0. The Hall–Kier alpha value is -2.01. The van der Waals surface area contributed by atoms with Crippen molar-refractivity contribution in [1.29, 1.82) is 0 Å². The van der Waals surface area contributed by atoms with E-state index in [2.05, 4.69) is 39.2 Å². The first-order chi connectivity index (χ1) is 9.65. The quantitative estimate of drug-likeness (QED) is 0.694. The van der Waals surface area contributed by atoms with Gasteiger partial charge in [-0.25, -0.2) is 0 Å². The van der Waals surface area contributed by atoms with Gasteiger partial charge in [0, 0.05) is 21.9 Å². The van der Waals surface area contributed by atoms with E-state index in [9.17, 15) is 0 Å². The number of nitrogens with one attached hydrogen (secondary N) is 1. The molecule has 102 valence electrons. The van der Waals surface area contributed by atoms with E-state index < -0.39 is 0 Å². The normalized spacial score (nSPS) is 10.9. The second-order valence-corrected chi connectivity index (χ2v) is 5.44. The molecule has 0 saturated heterocycles. The zero-order chi connectivity index (χ0) is 14.1. The van der Waals surface area contributed by atoms with Crippen LogP contribution in [0, 0.1) is 0 Å². The molecule has 0 atom stereocenters. The highest BCUT2D eigenvalue weighted by Gasteiger charge is 2.08. The highest BCUT2D eigenvalue weighted by Crippen LogP contribution is 2.27. The molecule has 0 unspecified atom stereocenters. The number of fused-ring (bicyclic) bond motifs is 1. The smallest absolute Gasteiger partial charge is 0.300 e. The lowest BCUT2D eigenvalue weighted by molar-refractivity contribution is 0.623. The number of hydrogen-bond donors (Lipinski definition) is 2. The predicted octanol–water partition coefficient (Wildman–Crippen LogP) is 4.48. The highest BCUT2D eigenvalue weighted by molar-refractivity contribution is 9.10. The third-order valence-corrected chi connectivity index (χ3v) is 3.60. The van der Waals surface area contributed by atoms with Gasteiger partial charge in [-0.05, 0) is 42.3 Å². The minimum Gasteiger partial charge on any atom is -0.423 e. The molecule has 0 aliphatic carbocycles. The van der Waals surface area contributed by atoms with Gasteiger partial charge in [0.2, 0.25) is 0 Å². The zero-order valence-electron chi connectivity index (χ0n) is 11.0. The Morgan fingerprint density at radius 1 is 1.25 bits per heavy atom. The summed E-state index contributed by atoms with van der Waals surface area (Å²) in [5, 5.41) is 3.22. The van der Waals surface area contributed by atoms with Crippen molar-refractivity contribution in [2.24, 2.45) is 0 Å². The van der Waals surface area contributed by atoms with Crippen LogP contribution in [0.3, 0.4) is 0 Å². The van der Waals surface area contributed by atoms with Crippen molar-refractivity contribution in [3.63, 3.8) is 0 Å². The number of benzene rings is 2. The molecule has 0 bridgehead atoms. The lowest BCUT2D eigenvalue weighted by Gasteiger charge is -2.08. The van der Waals surface area contributed by atoms with Crippen LogP contribution in [0.5, 0.6) is 0 Å². The Morgan fingerprint density at radius 2 is 2.10 bits per heavy atom. The second-order valence-electron chi connectivity index (χ2n) is 4.53. The van der Waals surface area contributed by atoms with E-state index in [1.54, 1.807) is 6.07 Å². The first kappa shape index (κ1) is 13.0. The Balaban J connectivity index is 1.96. The van der Waals surface area contributed by atoms with Crippen molar-refractivity contribution in [1.82, 2.24) is 4.98 Å². The molecular formula is C15H14BrN3O. The maximum absolute atomic E-state index is 5.73. The van der Waals surface area contributed by atoms with Crippen LogP contribution in [0.1, 0.15) is 12.5 Å². The molecule has 1 heterocycles. The van der Waals surface area contributed by atoms with E-state index in [1.807, 2.05) is 24.3 Å². The fourth-order valence-electron chi connectivity index (χ4n) is 2.09. The first-order valence-corrected chi connectivity index (χ1v) is 7.16. The van der Waals surface area contributed by atoms with Gasteiger partial charge in [0.1, 0.15) is 5.52 Å². The van der Waals surface area contributed by atoms with Gasteiger partial charge in [0.05, 0.1) is 0 Å². The Morgan fingerprint density at radius 3 is 2.90 bits per heavy atom. The van der Waals surface area contributed by atoms with Crippen LogP contribution < -0.4 is 11.1 Å². The molecule has 20 heavy (non-hydrogen) atoms. The lowest BCUT2D eigenvalue weighted by Crippen LogP contribution is -1.95. The number of nitrogen functional groups attached to an aromatic ring is 1. The predicted molar refractivity (Wildman–Crippen MR) is 85.2 cm³/mol. The second kappa shape index (κ2) is 5.17. The number of anilines is 3. The molecule has 3 rings (SSSR count). The summed E-state index contributed by atoms with van der Waals surface area (Å²) < 4.78 is 6.73. The molecule has 4 nitrogen and oxygen atoms in total. The molecule has 5 heteroatoms. The molecule has 0 spiro atoms. The van der Waals surface area contributed by atoms with Crippen LogP contribution in [0.15, 0.2) is 45.3 Å². The highest BCUT2D eigenvalue weighted by atomic mass is 79.9.